The second-order valence-electron chi connectivity index (χ2n) is 9.97. The van der Waals surface area contributed by atoms with Gasteiger partial charge in [0.25, 0.3) is 0 Å². The van der Waals surface area contributed by atoms with Gasteiger partial charge in [0.15, 0.2) is 0 Å². The molecule has 9 heteroatoms. The van der Waals surface area contributed by atoms with Crippen LogP contribution in [0.1, 0.15) is 25.3 Å². The Morgan fingerprint density at radius 3 is 2.59 bits per heavy atom. The first-order valence-electron chi connectivity index (χ1n) is 12.8. The minimum atomic E-state index is -3.19. The zero-order chi connectivity index (χ0) is 25.0. The van der Waals surface area contributed by atoms with Crippen molar-refractivity contribution in [2.75, 3.05) is 29.7 Å². The summed E-state index contributed by atoms with van der Waals surface area (Å²) < 4.78 is 28.4. The summed E-state index contributed by atoms with van der Waals surface area (Å²) >= 11 is 0. The average Bonchev–Trinajstić information content (AvgIpc) is 3.64. The van der Waals surface area contributed by atoms with Crippen molar-refractivity contribution in [2.45, 2.75) is 25.3 Å². The van der Waals surface area contributed by atoms with E-state index in [9.17, 15) is 8.42 Å². The zero-order valence-corrected chi connectivity index (χ0v) is 21.2. The number of piperidine rings is 1. The van der Waals surface area contributed by atoms with Crippen molar-refractivity contribution in [3.05, 3.63) is 67.3 Å². The van der Waals surface area contributed by atoms with E-state index in [0.29, 0.717) is 19.0 Å². The second-order valence-corrected chi connectivity index (χ2v) is 12.0. The van der Waals surface area contributed by atoms with Crippen LogP contribution in [-0.2, 0) is 10.0 Å². The largest absolute Gasteiger partial charge is 0.346 e. The first-order chi connectivity index (χ1) is 18.1. The lowest BCUT2D eigenvalue weighted by molar-refractivity contribution is 0.378. The lowest BCUT2D eigenvalue weighted by atomic mass is 10.0. The average molecular weight is 513 g/mol. The molecule has 1 unspecified atom stereocenters. The highest BCUT2D eigenvalue weighted by Gasteiger charge is 2.28. The fourth-order valence-electron chi connectivity index (χ4n) is 5.71. The highest BCUT2D eigenvalue weighted by atomic mass is 32.2. The molecule has 7 rings (SSSR count). The number of nitrogens with zero attached hydrogens (tertiary/aromatic N) is 4. The van der Waals surface area contributed by atoms with Crippen molar-refractivity contribution in [1.82, 2.24) is 24.8 Å². The van der Waals surface area contributed by atoms with Gasteiger partial charge < -0.3 is 14.9 Å². The van der Waals surface area contributed by atoms with Crippen molar-refractivity contribution in [2.24, 2.45) is 0 Å². The van der Waals surface area contributed by atoms with Crippen LogP contribution in [0.5, 0.6) is 0 Å². The molecule has 0 radical (unpaired) electrons. The molecule has 2 N–H and O–H groups in total. The lowest BCUT2D eigenvalue weighted by Crippen LogP contribution is -2.31. The Morgan fingerprint density at radius 2 is 1.81 bits per heavy atom. The number of hydrogen-bond donors (Lipinski definition) is 2. The number of benzene rings is 2. The molecule has 0 amide bonds. The molecule has 0 saturated carbocycles. The maximum absolute atomic E-state index is 12.3. The number of rotatable bonds is 4. The van der Waals surface area contributed by atoms with Gasteiger partial charge in [-0.15, -0.1) is 0 Å². The van der Waals surface area contributed by atoms with E-state index in [2.05, 4.69) is 49.1 Å². The second kappa shape index (κ2) is 8.71. The van der Waals surface area contributed by atoms with Gasteiger partial charge in [-0.05, 0) is 67.3 Å². The number of aromatic amines is 1. The quantitative estimate of drug-likeness (QED) is 0.364. The summed E-state index contributed by atoms with van der Waals surface area (Å²) in [7, 11) is -3.19. The molecule has 0 aliphatic carbocycles. The summed E-state index contributed by atoms with van der Waals surface area (Å²) in [6.45, 7) is 2.60. The number of aromatic nitrogens is 4. The number of imidazole rings is 1. The van der Waals surface area contributed by atoms with Crippen LogP contribution in [0.25, 0.3) is 44.3 Å². The minimum Gasteiger partial charge on any atom is -0.346 e. The highest BCUT2D eigenvalue weighted by Crippen LogP contribution is 2.34. The van der Waals surface area contributed by atoms with Crippen LogP contribution in [0.3, 0.4) is 0 Å². The van der Waals surface area contributed by atoms with E-state index in [1.54, 1.807) is 0 Å². The van der Waals surface area contributed by atoms with Crippen molar-refractivity contribution in [3.63, 3.8) is 0 Å². The van der Waals surface area contributed by atoms with E-state index in [4.69, 9.17) is 0 Å². The van der Waals surface area contributed by atoms with E-state index in [1.807, 2.05) is 43.0 Å². The molecule has 2 saturated heterocycles. The van der Waals surface area contributed by atoms with Gasteiger partial charge in [0, 0.05) is 48.0 Å². The molecule has 188 valence electrons. The monoisotopic (exact) mass is 512 g/mol. The van der Waals surface area contributed by atoms with Gasteiger partial charge in [0.1, 0.15) is 5.65 Å². The van der Waals surface area contributed by atoms with E-state index in [0.717, 1.165) is 69.5 Å². The van der Waals surface area contributed by atoms with Crippen LogP contribution in [0, 0.1) is 0 Å². The smallest absolute Gasteiger partial charge is 0.235 e. The van der Waals surface area contributed by atoms with Crippen molar-refractivity contribution in [1.29, 1.82) is 0 Å². The molecule has 2 fully saturated rings. The molecule has 0 spiro atoms. The van der Waals surface area contributed by atoms with Gasteiger partial charge in [-0.25, -0.2) is 18.4 Å². The molecule has 2 aliphatic rings. The van der Waals surface area contributed by atoms with Crippen LogP contribution >= 0.6 is 0 Å². The normalized spacial score (nSPS) is 19.7. The molecule has 1 atom stereocenters. The number of fused-ring (bicyclic) bond motifs is 2. The number of pyridine rings is 1. The van der Waals surface area contributed by atoms with Gasteiger partial charge in [0.05, 0.1) is 28.8 Å². The van der Waals surface area contributed by atoms with Gasteiger partial charge >= 0.3 is 0 Å². The van der Waals surface area contributed by atoms with E-state index in [-0.39, 0.29) is 5.75 Å². The van der Waals surface area contributed by atoms with Crippen LogP contribution in [0.2, 0.25) is 0 Å². The Morgan fingerprint density at radius 1 is 0.946 bits per heavy atom. The Hall–Kier alpha value is -3.69. The molecule has 2 aromatic carbocycles. The fraction of sp³-hybridized carbons (Fsp3) is 0.286. The predicted octanol–water partition coefficient (Wildman–Crippen LogP) is 4.71. The predicted molar refractivity (Wildman–Crippen MR) is 147 cm³/mol. The van der Waals surface area contributed by atoms with E-state index in [1.165, 1.54) is 10.7 Å². The minimum absolute atomic E-state index is 0.218. The van der Waals surface area contributed by atoms with E-state index >= 15 is 0 Å². The molecule has 0 bridgehead atoms. The molecule has 3 aromatic heterocycles. The molecule has 5 aromatic rings. The number of nitrogens with one attached hydrogen (secondary N) is 2. The fourth-order valence-corrected chi connectivity index (χ4v) is 7.27. The van der Waals surface area contributed by atoms with E-state index < -0.39 is 10.0 Å². The summed E-state index contributed by atoms with van der Waals surface area (Å²) in [5.41, 5.74) is 7.92. The van der Waals surface area contributed by atoms with Gasteiger partial charge in [-0.2, -0.15) is 0 Å². The standard InChI is InChI=1S/C28H28N6O2S/c35-37(36)12-2-11-34(37)22-7-4-19(5-8-22)21-13-24-25(17-31-28(24)30-15-21)20-6-9-26-27(14-20)33(18-32-26)23-3-1-10-29-16-23/h4-9,13-15,17-18,23,29H,1-3,10-12,16H2,(H,30,31). The molecule has 5 heterocycles. The Labute approximate surface area is 215 Å². The van der Waals surface area contributed by atoms with Gasteiger partial charge in [-0.1, -0.05) is 18.2 Å². The third kappa shape index (κ3) is 3.89. The van der Waals surface area contributed by atoms with Crippen LogP contribution < -0.4 is 9.62 Å². The summed E-state index contributed by atoms with van der Waals surface area (Å²) in [5, 5.41) is 4.55. The molecule has 37 heavy (non-hydrogen) atoms. The number of hydrogen-bond acceptors (Lipinski definition) is 5. The summed E-state index contributed by atoms with van der Waals surface area (Å²) in [5.74, 6) is 0.218. The van der Waals surface area contributed by atoms with Crippen LogP contribution in [0.15, 0.2) is 67.3 Å². The topological polar surface area (TPSA) is 95.9 Å². The third-order valence-electron chi connectivity index (χ3n) is 7.67. The van der Waals surface area contributed by atoms with Crippen LogP contribution in [-0.4, -0.2) is 53.3 Å². The number of H-pyrrole nitrogens is 1. The van der Waals surface area contributed by atoms with Crippen LogP contribution in [0.4, 0.5) is 5.69 Å². The first kappa shape index (κ1) is 22.5. The number of anilines is 1. The molecule has 2 aliphatic heterocycles. The Bertz CT molecular complexity index is 1720. The third-order valence-corrected chi connectivity index (χ3v) is 9.54. The summed E-state index contributed by atoms with van der Waals surface area (Å²) in [4.78, 5) is 12.7. The van der Waals surface area contributed by atoms with Gasteiger partial charge in [-0.3, -0.25) is 4.31 Å². The van der Waals surface area contributed by atoms with Gasteiger partial charge in [0.2, 0.25) is 10.0 Å². The summed E-state index contributed by atoms with van der Waals surface area (Å²) in [6, 6.07) is 16.7. The number of sulfonamides is 1. The Balaban J connectivity index is 1.25. The lowest BCUT2D eigenvalue weighted by Gasteiger charge is -2.24. The zero-order valence-electron chi connectivity index (χ0n) is 20.4. The summed E-state index contributed by atoms with van der Waals surface area (Å²) in [6.07, 6.45) is 8.86. The van der Waals surface area contributed by atoms with Crippen molar-refractivity contribution < 1.29 is 8.42 Å². The SMILES string of the molecule is O=S1(=O)CCCN1c1ccc(-c2cnc3[nH]cc(-c4ccc5ncn(C6CCCNC6)c5c4)c3c2)cc1. The Kier molecular flexibility index (Phi) is 5.30. The molecule has 8 nitrogen and oxygen atoms in total. The highest BCUT2D eigenvalue weighted by molar-refractivity contribution is 7.93. The molecular weight excluding hydrogens is 484 g/mol. The molecular formula is C28H28N6O2S. The van der Waals surface area contributed by atoms with Crippen molar-refractivity contribution in [3.8, 4) is 22.3 Å². The first-order valence-corrected chi connectivity index (χ1v) is 14.4. The van der Waals surface area contributed by atoms with Crippen molar-refractivity contribution >= 4 is 37.8 Å². The maximum Gasteiger partial charge on any atom is 0.235 e. The maximum atomic E-state index is 12.3.